The van der Waals surface area contributed by atoms with Crippen LogP contribution in [0.4, 0.5) is 5.69 Å². The molecular weight excluding hydrogens is 332 g/mol. The lowest BCUT2D eigenvalue weighted by Gasteiger charge is -2.26. The van der Waals surface area contributed by atoms with Crippen LogP contribution in [0.5, 0.6) is 0 Å². The molecule has 0 bridgehead atoms. The smallest absolute Gasteiger partial charge is 0.326 e. The fraction of sp³-hybridized carbons (Fsp3) is 0.250. The molecule has 1 heterocycles. The van der Waals surface area contributed by atoms with Gasteiger partial charge in [0.05, 0.1) is 0 Å². The third-order valence-corrected chi connectivity index (χ3v) is 4.59. The highest BCUT2D eigenvalue weighted by Gasteiger charge is 2.28. The molecule has 0 saturated heterocycles. The van der Waals surface area contributed by atoms with Crippen LogP contribution in [0.15, 0.2) is 48.5 Å². The van der Waals surface area contributed by atoms with E-state index in [4.69, 9.17) is 0 Å². The van der Waals surface area contributed by atoms with E-state index in [2.05, 4.69) is 5.32 Å². The number of aryl methyl sites for hydroxylation is 1. The van der Waals surface area contributed by atoms with E-state index in [1.54, 1.807) is 18.2 Å². The van der Waals surface area contributed by atoms with Crippen LogP contribution >= 0.6 is 0 Å². The number of anilines is 1. The molecule has 134 valence electrons. The normalized spacial score (nSPS) is 14.1. The number of hydrogen-bond acceptors (Lipinski definition) is 3. The largest absolute Gasteiger partial charge is 0.480 e. The highest BCUT2D eigenvalue weighted by atomic mass is 16.4. The number of aliphatic carboxylic acids is 1. The van der Waals surface area contributed by atoms with Gasteiger partial charge >= 0.3 is 5.97 Å². The lowest BCUT2D eigenvalue weighted by atomic mass is 9.99. The van der Waals surface area contributed by atoms with Gasteiger partial charge in [-0.1, -0.05) is 30.3 Å². The first-order valence-electron chi connectivity index (χ1n) is 8.42. The molecule has 2 aromatic rings. The molecule has 0 radical (unpaired) electrons. The number of nitrogens with zero attached hydrogens (tertiary/aromatic N) is 1. The van der Waals surface area contributed by atoms with Crippen LogP contribution in [-0.4, -0.2) is 40.9 Å². The Labute approximate surface area is 151 Å². The Hall–Kier alpha value is -3.15. The SMILES string of the molecule is CN(C(=O)c1ccc2c(c1)CCC(=O)N2)C(Cc1ccccc1)C(=O)O. The number of amides is 2. The Morgan fingerprint density at radius 1 is 1.15 bits per heavy atom. The summed E-state index contributed by atoms with van der Waals surface area (Å²) in [4.78, 5) is 37.2. The number of likely N-dealkylation sites (N-methyl/N-ethyl adjacent to an activating group) is 1. The average Bonchev–Trinajstić information content (AvgIpc) is 2.65. The summed E-state index contributed by atoms with van der Waals surface area (Å²) in [6, 6.07) is 13.3. The standard InChI is InChI=1S/C20H20N2O4/c1-22(17(20(25)26)11-13-5-3-2-4-6-13)19(24)15-7-9-16-14(12-15)8-10-18(23)21-16/h2-7,9,12,17H,8,10-11H2,1H3,(H,21,23)(H,25,26). The van der Waals surface area contributed by atoms with E-state index in [1.807, 2.05) is 30.3 Å². The molecule has 0 aromatic heterocycles. The van der Waals surface area contributed by atoms with Gasteiger partial charge in [-0.3, -0.25) is 9.59 Å². The Bertz CT molecular complexity index is 848. The summed E-state index contributed by atoms with van der Waals surface area (Å²) in [6.45, 7) is 0. The molecule has 1 aliphatic rings. The van der Waals surface area contributed by atoms with E-state index in [-0.39, 0.29) is 18.2 Å². The maximum Gasteiger partial charge on any atom is 0.326 e. The van der Waals surface area contributed by atoms with Gasteiger partial charge < -0.3 is 15.3 Å². The van der Waals surface area contributed by atoms with E-state index in [9.17, 15) is 19.5 Å². The molecule has 0 spiro atoms. The highest BCUT2D eigenvalue weighted by molar-refractivity contribution is 5.99. The Morgan fingerprint density at radius 2 is 1.88 bits per heavy atom. The van der Waals surface area contributed by atoms with Crippen LogP contribution in [0.1, 0.15) is 27.9 Å². The van der Waals surface area contributed by atoms with Gasteiger partial charge in [0, 0.05) is 31.1 Å². The van der Waals surface area contributed by atoms with Crippen molar-refractivity contribution < 1.29 is 19.5 Å². The summed E-state index contributed by atoms with van der Waals surface area (Å²) >= 11 is 0. The van der Waals surface area contributed by atoms with Crippen LogP contribution in [-0.2, 0) is 22.4 Å². The molecule has 2 N–H and O–H groups in total. The van der Waals surface area contributed by atoms with Crippen molar-refractivity contribution in [3.05, 3.63) is 65.2 Å². The van der Waals surface area contributed by atoms with Crippen molar-refractivity contribution in [2.45, 2.75) is 25.3 Å². The lowest BCUT2D eigenvalue weighted by Crippen LogP contribution is -2.43. The van der Waals surface area contributed by atoms with Crippen LogP contribution in [0.2, 0.25) is 0 Å². The summed E-state index contributed by atoms with van der Waals surface area (Å²) in [5.41, 5.74) is 2.87. The minimum absolute atomic E-state index is 0.0394. The van der Waals surface area contributed by atoms with Crippen LogP contribution in [0.25, 0.3) is 0 Å². The molecule has 0 saturated carbocycles. The third-order valence-electron chi connectivity index (χ3n) is 4.59. The molecule has 3 rings (SSSR count). The molecule has 2 amide bonds. The molecule has 6 nitrogen and oxygen atoms in total. The predicted molar refractivity (Wildman–Crippen MR) is 97.1 cm³/mol. The first-order valence-corrected chi connectivity index (χ1v) is 8.42. The first-order chi connectivity index (χ1) is 12.5. The average molecular weight is 352 g/mol. The van der Waals surface area contributed by atoms with Crippen molar-refractivity contribution >= 4 is 23.5 Å². The fourth-order valence-electron chi connectivity index (χ4n) is 3.09. The van der Waals surface area contributed by atoms with Gasteiger partial charge in [-0.05, 0) is 35.7 Å². The zero-order valence-electron chi connectivity index (χ0n) is 14.4. The minimum atomic E-state index is -1.05. The molecule has 6 heteroatoms. The van der Waals surface area contributed by atoms with Crippen molar-refractivity contribution in [3.63, 3.8) is 0 Å². The predicted octanol–water partition coefficient (Wildman–Crippen LogP) is 2.34. The second-order valence-corrected chi connectivity index (χ2v) is 6.38. The Kier molecular flexibility index (Phi) is 5.02. The first kappa shape index (κ1) is 17.7. The molecular formula is C20H20N2O4. The zero-order chi connectivity index (χ0) is 18.7. The second-order valence-electron chi connectivity index (χ2n) is 6.38. The summed E-state index contributed by atoms with van der Waals surface area (Å²) in [5.74, 6) is -1.44. The number of carboxylic acid groups (broad SMARTS) is 1. The molecule has 1 aliphatic heterocycles. The monoisotopic (exact) mass is 352 g/mol. The van der Waals surface area contributed by atoms with Gasteiger partial charge in [0.1, 0.15) is 6.04 Å². The van der Waals surface area contributed by atoms with E-state index < -0.39 is 12.0 Å². The van der Waals surface area contributed by atoms with E-state index in [0.29, 0.717) is 24.1 Å². The second kappa shape index (κ2) is 7.39. The van der Waals surface area contributed by atoms with E-state index in [0.717, 1.165) is 11.1 Å². The van der Waals surface area contributed by atoms with Gasteiger partial charge in [-0.2, -0.15) is 0 Å². The summed E-state index contributed by atoms with van der Waals surface area (Å²) < 4.78 is 0. The minimum Gasteiger partial charge on any atom is -0.480 e. The number of carbonyl (C=O) groups excluding carboxylic acids is 2. The maximum atomic E-state index is 12.8. The highest BCUT2D eigenvalue weighted by Crippen LogP contribution is 2.24. The summed E-state index contributed by atoms with van der Waals surface area (Å²) in [7, 11) is 1.51. The van der Waals surface area contributed by atoms with Crippen molar-refractivity contribution in [1.29, 1.82) is 0 Å². The zero-order valence-corrected chi connectivity index (χ0v) is 14.4. The van der Waals surface area contributed by atoms with Crippen molar-refractivity contribution in [2.75, 3.05) is 12.4 Å². The van der Waals surface area contributed by atoms with E-state index >= 15 is 0 Å². The number of fused-ring (bicyclic) bond motifs is 1. The quantitative estimate of drug-likeness (QED) is 0.865. The van der Waals surface area contributed by atoms with Gasteiger partial charge in [0.25, 0.3) is 5.91 Å². The van der Waals surface area contributed by atoms with Gasteiger partial charge in [0.15, 0.2) is 0 Å². The molecule has 2 aromatic carbocycles. The molecule has 1 atom stereocenters. The van der Waals surface area contributed by atoms with Crippen LogP contribution < -0.4 is 5.32 Å². The summed E-state index contributed by atoms with van der Waals surface area (Å²) in [6.07, 6.45) is 1.18. The number of benzene rings is 2. The van der Waals surface area contributed by atoms with Crippen LogP contribution in [0.3, 0.4) is 0 Å². The van der Waals surface area contributed by atoms with Crippen molar-refractivity contribution in [2.24, 2.45) is 0 Å². The molecule has 26 heavy (non-hydrogen) atoms. The fourth-order valence-corrected chi connectivity index (χ4v) is 3.09. The maximum absolute atomic E-state index is 12.8. The number of rotatable bonds is 5. The van der Waals surface area contributed by atoms with Crippen molar-refractivity contribution in [1.82, 2.24) is 4.90 Å². The van der Waals surface area contributed by atoms with Gasteiger partial charge in [-0.15, -0.1) is 0 Å². The molecule has 0 fully saturated rings. The topological polar surface area (TPSA) is 86.7 Å². The van der Waals surface area contributed by atoms with Crippen LogP contribution in [0, 0.1) is 0 Å². The number of hydrogen-bond donors (Lipinski definition) is 2. The number of nitrogens with one attached hydrogen (secondary N) is 1. The number of carboxylic acids is 1. The van der Waals surface area contributed by atoms with Gasteiger partial charge in [0.2, 0.25) is 5.91 Å². The van der Waals surface area contributed by atoms with E-state index in [1.165, 1.54) is 11.9 Å². The van der Waals surface area contributed by atoms with Gasteiger partial charge in [-0.25, -0.2) is 4.79 Å². The number of carbonyl (C=O) groups is 3. The molecule has 1 unspecified atom stereocenters. The third kappa shape index (κ3) is 3.74. The van der Waals surface area contributed by atoms with Crippen molar-refractivity contribution in [3.8, 4) is 0 Å². The lowest BCUT2D eigenvalue weighted by molar-refractivity contribution is -0.141. The molecule has 0 aliphatic carbocycles. The Balaban J connectivity index is 1.81. The summed E-state index contributed by atoms with van der Waals surface area (Å²) in [5, 5.41) is 12.4. The Morgan fingerprint density at radius 3 is 2.58 bits per heavy atom.